The zero-order valence-electron chi connectivity index (χ0n) is 11.5. The molecule has 0 heterocycles. The van der Waals surface area contributed by atoms with Gasteiger partial charge in [-0.2, -0.15) is 0 Å². The summed E-state index contributed by atoms with van der Waals surface area (Å²) in [5, 5.41) is 9.86. The molecule has 1 aromatic rings. The second-order valence-electron chi connectivity index (χ2n) is 4.40. The first-order valence-electron chi connectivity index (χ1n) is 6.60. The van der Waals surface area contributed by atoms with Gasteiger partial charge in [0.15, 0.2) is 0 Å². The molecule has 1 unspecified atom stereocenters. The Bertz CT molecular complexity index is 482. The standard InChI is InChI=1S/C14H22O4S/c1-3-13(15)12-8-5-6-9-14(12)18-10-7-11-19(16,17)4-2/h5-6,8-9,13,15H,3-4,7,10-11H2,1-2H3. The normalized spacial score (nSPS) is 13.2. The van der Waals surface area contributed by atoms with Crippen LogP contribution in [-0.2, 0) is 9.84 Å². The number of ether oxygens (including phenoxy) is 1. The molecule has 0 radical (unpaired) electrons. The van der Waals surface area contributed by atoms with Crippen molar-refractivity contribution in [2.75, 3.05) is 18.1 Å². The van der Waals surface area contributed by atoms with Gasteiger partial charge >= 0.3 is 0 Å². The van der Waals surface area contributed by atoms with Gasteiger partial charge in [0.2, 0.25) is 0 Å². The minimum atomic E-state index is -2.93. The molecule has 5 heteroatoms. The van der Waals surface area contributed by atoms with Crippen LogP contribution in [0.3, 0.4) is 0 Å². The molecule has 0 spiro atoms. The summed E-state index contributed by atoms with van der Waals surface area (Å²) in [4.78, 5) is 0. The molecule has 4 nitrogen and oxygen atoms in total. The van der Waals surface area contributed by atoms with E-state index >= 15 is 0 Å². The van der Waals surface area contributed by atoms with Gasteiger partial charge < -0.3 is 9.84 Å². The van der Waals surface area contributed by atoms with Crippen LogP contribution in [0.2, 0.25) is 0 Å². The minimum absolute atomic E-state index is 0.141. The maximum absolute atomic E-state index is 11.3. The van der Waals surface area contributed by atoms with Crippen LogP contribution in [0.25, 0.3) is 0 Å². The van der Waals surface area contributed by atoms with E-state index in [0.717, 1.165) is 5.56 Å². The maximum atomic E-state index is 11.3. The summed E-state index contributed by atoms with van der Waals surface area (Å²) in [6.45, 7) is 3.88. The second-order valence-corrected chi connectivity index (χ2v) is 6.87. The SMILES string of the molecule is CCC(O)c1ccccc1OCCCS(=O)(=O)CC. The van der Waals surface area contributed by atoms with Crippen molar-refractivity contribution >= 4 is 9.84 Å². The highest BCUT2D eigenvalue weighted by molar-refractivity contribution is 7.91. The van der Waals surface area contributed by atoms with E-state index in [4.69, 9.17) is 4.74 Å². The monoisotopic (exact) mass is 286 g/mol. The van der Waals surface area contributed by atoms with Gasteiger partial charge in [0.05, 0.1) is 18.5 Å². The van der Waals surface area contributed by atoms with Crippen molar-refractivity contribution in [1.82, 2.24) is 0 Å². The lowest BCUT2D eigenvalue weighted by Crippen LogP contribution is -2.12. The van der Waals surface area contributed by atoms with E-state index in [2.05, 4.69) is 0 Å². The quantitative estimate of drug-likeness (QED) is 0.745. The van der Waals surface area contributed by atoms with Crippen LogP contribution in [0.1, 0.15) is 38.4 Å². The number of hydrogen-bond acceptors (Lipinski definition) is 4. The van der Waals surface area contributed by atoms with Crippen LogP contribution in [0.5, 0.6) is 5.75 Å². The van der Waals surface area contributed by atoms with Gasteiger partial charge in [0.25, 0.3) is 0 Å². The zero-order chi connectivity index (χ0) is 14.3. The summed E-state index contributed by atoms with van der Waals surface area (Å²) < 4.78 is 28.2. The fraction of sp³-hybridized carbons (Fsp3) is 0.571. The molecule has 1 N–H and O–H groups in total. The van der Waals surface area contributed by atoms with Crippen LogP contribution in [0.15, 0.2) is 24.3 Å². The van der Waals surface area contributed by atoms with Gasteiger partial charge in [-0.15, -0.1) is 0 Å². The Labute approximate surface area is 115 Å². The fourth-order valence-electron chi connectivity index (χ4n) is 1.71. The molecule has 0 bridgehead atoms. The number of rotatable bonds is 8. The van der Waals surface area contributed by atoms with E-state index in [0.29, 0.717) is 25.2 Å². The molecule has 108 valence electrons. The van der Waals surface area contributed by atoms with Gasteiger partial charge in [-0.25, -0.2) is 8.42 Å². The van der Waals surface area contributed by atoms with Crippen LogP contribution in [-0.4, -0.2) is 31.6 Å². The second kappa shape index (κ2) is 7.50. The lowest BCUT2D eigenvalue weighted by atomic mass is 10.1. The molecule has 0 aliphatic carbocycles. The van der Waals surface area contributed by atoms with Gasteiger partial charge in [-0.1, -0.05) is 32.0 Å². The third-order valence-electron chi connectivity index (χ3n) is 2.96. The number of aliphatic hydroxyl groups excluding tert-OH is 1. The fourth-order valence-corrected chi connectivity index (χ4v) is 2.56. The molecule has 0 aromatic heterocycles. The molecule has 0 aliphatic heterocycles. The topological polar surface area (TPSA) is 63.6 Å². The Morgan fingerprint density at radius 3 is 2.58 bits per heavy atom. The molecule has 0 aliphatic rings. The van der Waals surface area contributed by atoms with Crippen molar-refractivity contribution in [3.63, 3.8) is 0 Å². The molecule has 19 heavy (non-hydrogen) atoms. The largest absolute Gasteiger partial charge is 0.493 e. The van der Waals surface area contributed by atoms with Crippen molar-refractivity contribution in [2.45, 2.75) is 32.8 Å². The Morgan fingerprint density at radius 2 is 1.95 bits per heavy atom. The molecule has 0 saturated carbocycles. The van der Waals surface area contributed by atoms with Crippen LogP contribution in [0, 0.1) is 0 Å². The molecular weight excluding hydrogens is 264 g/mol. The van der Waals surface area contributed by atoms with Crippen molar-refractivity contribution in [1.29, 1.82) is 0 Å². The van der Waals surface area contributed by atoms with Crippen molar-refractivity contribution in [2.24, 2.45) is 0 Å². The van der Waals surface area contributed by atoms with E-state index in [1.165, 1.54) is 0 Å². The Balaban J connectivity index is 2.54. The lowest BCUT2D eigenvalue weighted by Gasteiger charge is -2.14. The highest BCUT2D eigenvalue weighted by Crippen LogP contribution is 2.26. The number of aliphatic hydroxyl groups is 1. The summed E-state index contributed by atoms with van der Waals surface area (Å²) in [5.74, 6) is 0.936. The van der Waals surface area contributed by atoms with Gasteiger partial charge in [-0.3, -0.25) is 0 Å². The first-order chi connectivity index (χ1) is 9.00. The van der Waals surface area contributed by atoms with Crippen molar-refractivity contribution in [3.8, 4) is 5.75 Å². The van der Waals surface area contributed by atoms with Crippen LogP contribution < -0.4 is 4.74 Å². The van der Waals surface area contributed by atoms with Gasteiger partial charge in [0, 0.05) is 11.3 Å². The van der Waals surface area contributed by atoms with E-state index in [1.807, 2.05) is 25.1 Å². The predicted molar refractivity (Wildman–Crippen MR) is 76.1 cm³/mol. The third-order valence-corrected chi connectivity index (χ3v) is 4.75. The average Bonchev–Trinajstić information content (AvgIpc) is 2.43. The molecular formula is C14H22O4S. The molecule has 1 aromatic carbocycles. The van der Waals surface area contributed by atoms with Gasteiger partial charge in [-0.05, 0) is 18.9 Å². The molecule has 0 saturated heterocycles. The van der Waals surface area contributed by atoms with Crippen LogP contribution in [0.4, 0.5) is 0 Å². The van der Waals surface area contributed by atoms with Crippen molar-refractivity contribution in [3.05, 3.63) is 29.8 Å². The Morgan fingerprint density at radius 1 is 1.26 bits per heavy atom. The Kier molecular flexibility index (Phi) is 6.31. The number of para-hydroxylation sites is 1. The molecule has 0 amide bonds. The highest BCUT2D eigenvalue weighted by atomic mass is 32.2. The molecule has 1 atom stereocenters. The number of sulfone groups is 1. The predicted octanol–water partition coefficient (Wildman–Crippen LogP) is 2.33. The molecule has 1 rings (SSSR count). The lowest BCUT2D eigenvalue weighted by molar-refractivity contribution is 0.167. The third kappa shape index (κ3) is 5.20. The first-order valence-corrected chi connectivity index (χ1v) is 8.42. The van der Waals surface area contributed by atoms with E-state index in [1.54, 1.807) is 13.0 Å². The smallest absolute Gasteiger partial charge is 0.150 e. The number of hydrogen-bond donors (Lipinski definition) is 1. The summed E-state index contributed by atoms with van der Waals surface area (Å²) in [5.41, 5.74) is 0.753. The van der Waals surface area contributed by atoms with E-state index < -0.39 is 15.9 Å². The molecule has 0 fully saturated rings. The Hall–Kier alpha value is -1.07. The van der Waals surface area contributed by atoms with E-state index in [9.17, 15) is 13.5 Å². The summed E-state index contributed by atoms with van der Waals surface area (Å²) in [7, 11) is -2.93. The summed E-state index contributed by atoms with van der Waals surface area (Å²) >= 11 is 0. The number of benzene rings is 1. The first kappa shape index (κ1) is 16.0. The van der Waals surface area contributed by atoms with Gasteiger partial charge in [0.1, 0.15) is 15.6 Å². The summed E-state index contributed by atoms with van der Waals surface area (Å²) in [6, 6.07) is 7.31. The van der Waals surface area contributed by atoms with E-state index in [-0.39, 0.29) is 11.5 Å². The average molecular weight is 286 g/mol. The minimum Gasteiger partial charge on any atom is -0.493 e. The van der Waals surface area contributed by atoms with Crippen molar-refractivity contribution < 1.29 is 18.3 Å². The highest BCUT2D eigenvalue weighted by Gasteiger charge is 2.11. The zero-order valence-corrected chi connectivity index (χ0v) is 12.3. The van der Waals surface area contributed by atoms with Crippen LogP contribution >= 0.6 is 0 Å². The summed E-state index contributed by atoms with van der Waals surface area (Å²) in [6.07, 6.45) is 0.535. The maximum Gasteiger partial charge on any atom is 0.150 e.